The summed E-state index contributed by atoms with van der Waals surface area (Å²) in [6.45, 7) is 8.07. The number of aromatic nitrogens is 2. The van der Waals surface area contributed by atoms with Gasteiger partial charge in [0.1, 0.15) is 0 Å². The number of piperazine rings is 1. The lowest BCUT2D eigenvalue weighted by Crippen LogP contribution is -2.49. The molecule has 2 aromatic rings. The molecule has 1 amide bonds. The second kappa shape index (κ2) is 8.89. The fraction of sp³-hybridized carbons (Fsp3) is 0.500. The predicted octanol–water partition coefficient (Wildman–Crippen LogP) is 1.29. The highest BCUT2D eigenvalue weighted by Crippen LogP contribution is 2.20. The molecule has 1 aliphatic rings. The minimum atomic E-state index is -0.447. The molecule has 150 valence electrons. The molecule has 10 heteroatoms. The van der Waals surface area contributed by atoms with E-state index in [1.807, 2.05) is 13.8 Å². The van der Waals surface area contributed by atoms with E-state index in [1.54, 1.807) is 12.1 Å². The van der Waals surface area contributed by atoms with Gasteiger partial charge in [0.15, 0.2) is 0 Å². The van der Waals surface area contributed by atoms with E-state index in [9.17, 15) is 14.9 Å². The summed E-state index contributed by atoms with van der Waals surface area (Å²) in [6.07, 6.45) is 0. The molecular weight excluding hydrogens is 364 g/mol. The molecule has 3 rings (SSSR count). The Kier molecular flexibility index (Phi) is 6.32. The molecule has 1 aliphatic heterocycles. The standard InChI is InChI=1S/C18H24N6O4/c1-13(2)19-16(25)11-22-7-9-23(10-8-22)12-17-20-18(21-28-17)14-3-5-15(6-4-14)24(26)27/h3-6,13H,7-12H2,1-2H3,(H,19,25). The zero-order valence-electron chi connectivity index (χ0n) is 16.0. The van der Waals surface area contributed by atoms with Crippen LogP contribution in [0.3, 0.4) is 0 Å². The maximum atomic E-state index is 11.9. The van der Waals surface area contributed by atoms with Crippen molar-refractivity contribution in [1.82, 2.24) is 25.3 Å². The van der Waals surface area contributed by atoms with Crippen LogP contribution in [0.15, 0.2) is 28.8 Å². The van der Waals surface area contributed by atoms with E-state index in [4.69, 9.17) is 4.52 Å². The minimum absolute atomic E-state index is 0.0208. The van der Waals surface area contributed by atoms with E-state index in [0.717, 1.165) is 26.2 Å². The monoisotopic (exact) mass is 388 g/mol. The molecule has 0 atom stereocenters. The van der Waals surface area contributed by atoms with E-state index in [0.29, 0.717) is 30.4 Å². The van der Waals surface area contributed by atoms with Gasteiger partial charge in [-0.15, -0.1) is 0 Å². The Hall–Kier alpha value is -2.85. The zero-order chi connectivity index (χ0) is 20.1. The number of non-ortho nitro benzene ring substituents is 1. The van der Waals surface area contributed by atoms with Crippen LogP contribution in [0.2, 0.25) is 0 Å². The number of nitrogens with zero attached hydrogens (tertiary/aromatic N) is 5. The highest BCUT2D eigenvalue weighted by molar-refractivity contribution is 5.78. The van der Waals surface area contributed by atoms with Crippen LogP contribution < -0.4 is 5.32 Å². The molecule has 1 saturated heterocycles. The summed E-state index contributed by atoms with van der Waals surface area (Å²) < 4.78 is 5.32. The summed E-state index contributed by atoms with van der Waals surface area (Å²) in [7, 11) is 0. The van der Waals surface area contributed by atoms with E-state index < -0.39 is 4.92 Å². The van der Waals surface area contributed by atoms with Crippen molar-refractivity contribution < 1.29 is 14.2 Å². The van der Waals surface area contributed by atoms with Crippen LogP contribution in [0, 0.1) is 10.1 Å². The molecule has 0 spiro atoms. The SMILES string of the molecule is CC(C)NC(=O)CN1CCN(Cc2nc(-c3ccc([N+](=O)[O-])cc3)no2)CC1. The first kappa shape index (κ1) is 19.9. The number of amides is 1. The third-order valence-corrected chi connectivity index (χ3v) is 4.45. The summed E-state index contributed by atoms with van der Waals surface area (Å²) in [5.41, 5.74) is 0.689. The highest BCUT2D eigenvalue weighted by atomic mass is 16.6. The number of rotatable bonds is 7. The van der Waals surface area contributed by atoms with Crippen molar-refractivity contribution in [1.29, 1.82) is 0 Å². The van der Waals surface area contributed by atoms with Gasteiger partial charge in [-0.05, 0) is 26.0 Å². The Morgan fingerprint density at radius 2 is 1.86 bits per heavy atom. The summed E-state index contributed by atoms with van der Waals surface area (Å²) in [6, 6.07) is 6.19. The Morgan fingerprint density at radius 1 is 1.21 bits per heavy atom. The normalized spacial score (nSPS) is 15.7. The maximum Gasteiger partial charge on any atom is 0.269 e. The van der Waals surface area contributed by atoms with E-state index in [1.165, 1.54) is 12.1 Å². The maximum absolute atomic E-state index is 11.9. The van der Waals surface area contributed by atoms with Gasteiger partial charge in [0.2, 0.25) is 17.6 Å². The second-order valence-corrected chi connectivity index (χ2v) is 7.09. The summed E-state index contributed by atoms with van der Waals surface area (Å²) >= 11 is 0. The van der Waals surface area contributed by atoms with E-state index in [2.05, 4.69) is 25.3 Å². The molecule has 2 heterocycles. The molecule has 0 radical (unpaired) electrons. The number of hydrogen-bond acceptors (Lipinski definition) is 8. The van der Waals surface area contributed by atoms with Gasteiger partial charge in [-0.3, -0.25) is 24.7 Å². The second-order valence-electron chi connectivity index (χ2n) is 7.09. The van der Waals surface area contributed by atoms with Crippen molar-refractivity contribution >= 4 is 11.6 Å². The van der Waals surface area contributed by atoms with Crippen molar-refractivity contribution in [3.8, 4) is 11.4 Å². The molecule has 1 aromatic carbocycles. The zero-order valence-corrected chi connectivity index (χ0v) is 16.0. The molecular formula is C18H24N6O4. The van der Waals surface area contributed by atoms with Crippen LogP contribution in [-0.4, -0.2) is 69.5 Å². The smallest absolute Gasteiger partial charge is 0.269 e. The predicted molar refractivity (Wildman–Crippen MR) is 101 cm³/mol. The van der Waals surface area contributed by atoms with Gasteiger partial charge in [0.05, 0.1) is 18.0 Å². The largest absolute Gasteiger partial charge is 0.353 e. The van der Waals surface area contributed by atoms with Gasteiger partial charge < -0.3 is 9.84 Å². The quantitative estimate of drug-likeness (QED) is 0.557. The van der Waals surface area contributed by atoms with Crippen LogP contribution in [0.5, 0.6) is 0 Å². The number of nitrogens with one attached hydrogen (secondary N) is 1. The molecule has 28 heavy (non-hydrogen) atoms. The summed E-state index contributed by atoms with van der Waals surface area (Å²) in [4.78, 5) is 30.8. The minimum Gasteiger partial charge on any atom is -0.353 e. The van der Waals surface area contributed by atoms with Gasteiger partial charge in [-0.1, -0.05) is 5.16 Å². The molecule has 1 N–H and O–H groups in total. The fourth-order valence-corrected chi connectivity index (χ4v) is 3.04. The lowest BCUT2D eigenvalue weighted by atomic mass is 10.2. The van der Waals surface area contributed by atoms with Gasteiger partial charge in [0, 0.05) is 49.9 Å². The number of carbonyl (C=O) groups is 1. The molecule has 0 aliphatic carbocycles. The first-order chi connectivity index (χ1) is 13.4. The summed E-state index contributed by atoms with van der Waals surface area (Å²) in [5.74, 6) is 0.960. The number of nitro benzene ring substituents is 1. The third kappa shape index (κ3) is 5.33. The lowest BCUT2D eigenvalue weighted by molar-refractivity contribution is -0.384. The molecule has 10 nitrogen and oxygen atoms in total. The van der Waals surface area contributed by atoms with Crippen LogP contribution in [0.25, 0.3) is 11.4 Å². The van der Waals surface area contributed by atoms with Crippen molar-refractivity contribution in [3.63, 3.8) is 0 Å². The number of benzene rings is 1. The molecule has 0 bridgehead atoms. The number of carbonyl (C=O) groups excluding carboxylic acids is 1. The summed E-state index contributed by atoms with van der Waals surface area (Å²) in [5, 5.41) is 17.6. The van der Waals surface area contributed by atoms with Crippen molar-refractivity contribution in [2.24, 2.45) is 0 Å². The number of nitro groups is 1. The van der Waals surface area contributed by atoms with Crippen molar-refractivity contribution in [3.05, 3.63) is 40.3 Å². The van der Waals surface area contributed by atoms with Crippen LogP contribution >= 0.6 is 0 Å². The first-order valence-corrected chi connectivity index (χ1v) is 9.22. The third-order valence-electron chi connectivity index (χ3n) is 4.45. The van der Waals surface area contributed by atoms with Gasteiger partial charge in [0.25, 0.3) is 5.69 Å². The Labute approximate surface area is 162 Å². The lowest BCUT2D eigenvalue weighted by Gasteiger charge is -2.33. The van der Waals surface area contributed by atoms with Crippen LogP contribution in [0.1, 0.15) is 19.7 Å². The molecule has 1 aromatic heterocycles. The topological polar surface area (TPSA) is 118 Å². The van der Waals surface area contributed by atoms with Crippen LogP contribution in [0.4, 0.5) is 5.69 Å². The van der Waals surface area contributed by atoms with Crippen molar-refractivity contribution in [2.75, 3.05) is 32.7 Å². The highest BCUT2D eigenvalue weighted by Gasteiger charge is 2.21. The van der Waals surface area contributed by atoms with Gasteiger partial charge >= 0.3 is 0 Å². The number of hydrogen-bond donors (Lipinski definition) is 1. The fourth-order valence-electron chi connectivity index (χ4n) is 3.04. The van der Waals surface area contributed by atoms with E-state index in [-0.39, 0.29) is 17.6 Å². The Morgan fingerprint density at radius 3 is 2.46 bits per heavy atom. The van der Waals surface area contributed by atoms with Crippen LogP contribution in [-0.2, 0) is 11.3 Å². The first-order valence-electron chi connectivity index (χ1n) is 9.22. The Balaban J connectivity index is 1.49. The molecule has 0 unspecified atom stereocenters. The van der Waals surface area contributed by atoms with E-state index >= 15 is 0 Å². The molecule has 1 fully saturated rings. The van der Waals surface area contributed by atoms with Crippen molar-refractivity contribution in [2.45, 2.75) is 26.4 Å². The Bertz CT molecular complexity index is 812. The van der Waals surface area contributed by atoms with Gasteiger partial charge in [-0.25, -0.2) is 0 Å². The van der Waals surface area contributed by atoms with Gasteiger partial charge in [-0.2, -0.15) is 4.98 Å². The molecule has 0 saturated carbocycles. The average Bonchev–Trinajstić information content (AvgIpc) is 3.11. The average molecular weight is 388 g/mol.